The van der Waals surface area contributed by atoms with Crippen LogP contribution >= 0.6 is 43.6 Å². The number of alkyl halides is 1. The molecule has 1 aromatic carbocycles. The van der Waals surface area contributed by atoms with Gasteiger partial charge in [0.1, 0.15) is 0 Å². The van der Waals surface area contributed by atoms with E-state index in [1.54, 1.807) is 11.8 Å². The Labute approximate surface area is 93.4 Å². The molecule has 0 amide bonds. The fraction of sp³-hybridized carbons (Fsp3) is 0.222. The van der Waals surface area contributed by atoms with Gasteiger partial charge in [-0.2, -0.15) is 0 Å². The molecular formula is C9H7Br2S. The Kier molecular flexibility index (Phi) is 2.30. The summed E-state index contributed by atoms with van der Waals surface area (Å²) in [5.41, 5.74) is 1.37. The molecule has 1 aromatic rings. The predicted octanol–water partition coefficient (Wildman–Crippen LogP) is 4.02. The molecule has 0 saturated heterocycles. The molecule has 0 fully saturated rings. The van der Waals surface area contributed by atoms with Crippen LogP contribution in [0.3, 0.4) is 0 Å². The fourth-order valence-corrected chi connectivity index (χ4v) is 3.81. The van der Waals surface area contributed by atoms with Crippen molar-refractivity contribution in [1.29, 1.82) is 0 Å². The molecule has 2 rings (SSSR count). The number of hydrogen-bond acceptors (Lipinski definition) is 1. The van der Waals surface area contributed by atoms with Crippen molar-refractivity contribution >= 4 is 43.6 Å². The van der Waals surface area contributed by atoms with E-state index in [2.05, 4.69) is 57.0 Å². The average molecular weight is 307 g/mol. The topological polar surface area (TPSA) is 0 Å². The van der Waals surface area contributed by atoms with Crippen LogP contribution in [0.25, 0.3) is 0 Å². The third-order valence-corrected chi connectivity index (χ3v) is 4.43. The molecule has 0 aliphatic carbocycles. The van der Waals surface area contributed by atoms with Crippen molar-refractivity contribution in [2.24, 2.45) is 0 Å². The second-order valence-electron chi connectivity index (χ2n) is 2.88. The molecule has 0 nitrogen and oxygen atoms in total. The van der Waals surface area contributed by atoms with Gasteiger partial charge in [-0.25, -0.2) is 0 Å². The number of halogens is 2. The summed E-state index contributed by atoms with van der Waals surface area (Å²) in [4.78, 5) is 1.33. The molecule has 0 spiro atoms. The normalized spacial score (nSPS) is 27.2. The highest BCUT2D eigenvalue weighted by molar-refractivity contribution is 9.12. The maximum Gasteiger partial charge on any atom is 0.0797 e. The van der Waals surface area contributed by atoms with Crippen LogP contribution in [-0.2, 0) is 6.42 Å². The van der Waals surface area contributed by atoms with E-state index in [1.807, 2.05) is 0 Å². The summed E-state index contributed by atoms with van der Waals surface area (Å²) >= 11 is 8.91. The maximum absolute atomic E-state index is 4.08. The quantitative estimate of drug-likeness (QED) is 0.652. The van der Waals surface area contributed by atoms with Gasteiger partial charge in [-0.1, -0.05) is 37.9 Å². The minimum Gasteiger partial charge on any atom is -0.107 e. The maximum atomic E-state index is 4.08. The second kappa shape index (κ2) is 3.03. The largest absolute Gasteiger partial charge is 0.107 e. The van der Waals surface area contributed by atoms with Crippen LogP contribution in [0, 0.1) is 6.92 Å². The SMILES string of the molecule is [CH2]C1(Br)Cc2c(Br)cccc2S1. The molecule has 63 valence electrons. The van der Waals surface area contributed by atoms with Gasteiger partial charge in [-0.05, 0) is 31.0 Å². The lowest BCUT2D eigenvalue weighted by Gasteiger charge is -2.10. The number of rotatable bonds is 0. The smallest absolute Gasteiger partial charge is 0.0797 e. The first kappa shape index (κ1) is 9.10. The van der Waals surface area contributed by atoms with Gasteiger partial charge in [0, 0.05) is 9.37 Å². The van der Waals surface area contributed by atoms with Gasteiger partial charge >= 0.3 is 0 Å². The summed E-state index contributed by atoms with van der Waals surface area (Å²) in [6.45, 7) is 4.08. The highest BCUT2D eigenvalue weighted by atomic mass is 79.9. The molecule has 0 aromatic heterocycles. The van der Waals surface area contributed by atoms with Crippen LogP contribution in [-0.4, -0.2) is 3.66 Å². The first-order valence-corrected chi connectivity index (χ1v) is 5.99. The third kappa shape index (κ3) is 1.59. The zero-order valence-electron chi connectivity index (χ0n) is 6.31. The van der Waals surface area contributed by atoms with Gasteiger partial charge < -0.3 is 0 Å². The molecular weight excluding hydrogens is 300 g/mol. The highest BCUT2D eigenvalue weighted by Gasteiger charge is 2.32. The highest BCUT2D eigenvalue weighted by Crippen LogP contribution is 2.50. The van der Waals surface area contributed by atoms with Crippen molar-refractivity contribution in [3.63, 3.8) is 0 Å². The molecule has 0 N–H and O–H groups in total. The van der Waals surface area contributed by atoms with Gasteiger partial charge in [0.2, 0.25) is 0 Å². The lowest BCUT2D eigenvalue weighted by molar-refractivity contribution is 0.983. The van der Waals surface area contributed by atoms with E-state index >= 15 is 0 Å². The van der Waals surface area contributed by atoms with E-state index < -0.39 is 0 Å². The number of benzene rings is 1. The van der Waals surface area contributed by atoms with Crippen LogP contribution in [0.5, 0.6) is 0 Å². The van der Waals surface area contributed by atoms with Crippen LogP contribution in [0.1, 0.15) is 5.56 Å². The molecule has 12 heavy (non-hydrogen) atoms. The summed E-state index contributed by atoms with van der Waals surface area (Å²) in [5.74, 6) is 0. The van der Waals surface area contributed by atoms with E-state index in [0.717, 1.165) is 6.42 Å². The molecule has 0 saturated carbocycles. The molecule has 0 bridgehead atoms. The number of thioether (sulfide) groups is 1. The van der Waals surface area contributed by atoms with Crippen molar-refractivity contribution in [2.75, 3.05) is 0 Å². The average Bonchev–Trinajstić information content (AvgIpc) is 2.25. The monoisotopic (exact) mass is 305 g/mol. The Morgan fingerprint density at radius 1 is 1.50 bits per heavy atom. The summed E-state index contributed by atoms with van der Waals surface area (Å²) in [7, 11) is 0. The van der Waals surface area contributed by atoms with Crippen molar-refractivity contribution in [3.05, 3.63) is 35.2 Å². The van der Waals surface area contributed by atoms with Crippen molar-refractivity contribution in [1.82, 2.24) is 0 Å². The van der Waals surface area contributed by atoms with E-state index in [9.17, 15) is 0 Å². The zero-order chi connectivity index (χ0) is 8.77. The fourth-order valence-electron chi connectivity index (χ4n) is 1.30. The van der Waals surface area contributed by atoms with Gasteiger partial charge in [0.25, 0.3) is 0 Å². The first-order valence-electron chi connectivity index (χ1n) is 3.59. The lowest BCUT2D eigenvalue weighted by atomic mass is 10.1. The summed E-state index contributed by atoms with van der Waals surface area (Å²) in [6.07, 6.45) is 0.981. The van der Waals surface area contributed by atoms with E-state index in [-0.39, 0.29) is 3.66 Å². The molecule has 1 aliphatic heterocycles. The molecule has 1 aliphatic rings. The van der Waals surface area contributed by atoms with Crippen LogP contribution in [0.15, 0.2) is 27.6 Å². The summed E-state index contributed by atoms with van der Waals surface area (Å²) in [5, 5.41) is 0. The molecule has 1 unspecified atom stereocenters. The van der Waals surface area contributed by atoms with Gasteiger partial charge in [-0.3, -0.25) is 0 Å². The van der Waals surface area contributed by atoms with Crippen molar-refractivity contribution in [3.8, 4) is 0 Å². The van der Waals surface area contributed by atoms with Crippen molar-refractivity contribution in [2.45, 2.75) is 15.0 Å². The molecule has 1 heterocycles. The third-order valence-electron chi connectivity index (χ3n) is 1.81. The van der Waals surface area contributed by atoms with Gasteiger partial charge in [-0.15, -0.1) is 11.8 Å². The van der Waals surface area contributed by atoms with Gasteiger partial charge in [0.05, 0.1) is 3.66 Å². The minimum absolute atomic E-state index is 0.0563. The standard InChI is InChI=1S/C9H7Br2S/c1-9(11)5-6-7(10)3-2-4-8(6)12-9/h2-4H,1,5H2. The van der Waals surface area contributed by atoms with E-state index in [4.69, 9.17) is 0 Å². The molecule has 1 radical (unpaired) electrons. The lowest BCUT2D eigenvalue weighted by Crippen LogP contribution is -2.07. The van der Waals surface area contributed by atoms with E-state index in [1.165, 1.54) is 14.9 Å². The minimum atomic E-state index is -0.0563. The summed E-state index contributed by atoms with van der Waals surface area (Å²) < 4.78 is 1.14. The van der Waals surface area contributed by atoms with Crippen LogP contribution in [0.4, 0.5) is 0 Å². The van der Waals surface area contributed by atoms with Crippen LogP contribution < -0.4 is 0 Å². The Morgan fingerprint density at radius 2 is 2.25 bits per heavy atom. The first-order chi connectivity index (χ1) is 5.58. The van der Waals surface area contributed by atoms with Crippen LogP contribution in [0.2, 0.25) is 0 Å². The Balaban J connectivity index is 2.48. The Bertz CT molecular complexity index is 320. The second-order valence-corrected chi connectivity index (χ2v) is 7.20. The number of fused-ring (bicyclic) bond motifs is 1. The molecule has 1 atom stereocenters. The Morgan fingerprint density at radius 3 is 2.92 bits per heavy atom. The predicted molar refractivity (Wildman–Crippen MR) is 60.7 cm³/mol. The van der Waals surface area contributed by atoms with Crippen molar-refractivity contribution < 1.29 is 0 Å². The van der Waals surface area contributed by atoms with E-state index in [0.29, 0.717) is 0 Å². The summed E-state index contributed by atoms with van der Waals surface area (Å²) in [6, 6.07) is 6.27. The molecule has 3 heteroatoms. The Hall–Kier alpha value is 0.530. The number of hydrogen-bond donors (Lipinski definition) is 0. The van der Waals surface area contributed by atoms with Gasteiger partial charge in [0.15, 0.2) is 0 Å². The zero-order valence-corrected chi connectivity index (χ0v) is 10.3.